The van der Waals surface area contributed by atoms with Crippen LogP contribution < -0.4 is 5.32 Å². The van der Waals surface area contributed by atoms with Crippen LogP contribution in [0, 0.1) is 0 Å². The Bertz CT molecular complexity index is 326. The quantitative estimate of drug-likeness (QED) is 0.774. The predicted molar refractivity (Wildman–Crippen MR) is 65.0 cm³/mol. The van der Waals surface area contributed by atoms with Crippen molar-refractivity contribution in [2.45, 2.75) is 45.1 Å². The molecule has 2 rings (SSSR count). The van der Waals surface area contributed by atoms with Gasteiger partial charge in [-0.3, -0.25) is 0 Å². The van der Waals surface area contributed by atoms with E-state index in [1.807, 2.05) is 0 Å². The second kappa shape index (κ2) is 4.36. The van der Waals surface area contributed by atoms with Gasteiger partial charge in [0.15, 0.2) is 0 Å². The number of nitrogens with one attached hydrogen (secondary N) is 1. The van der Waals surface area contributed by atoms with E-state index in [1.165, 1.54) is 36.8 Å². The molecule has 0 aromatic heterocycles. The fraction of sp³-hybridized carbons (Fsp3) is 0.571. The molecular formula is C14H21N. The van der Waals surface area contributed by atoms with Crippen LogP contribution in [0.2, 0.25) is 0 Å². The molecule has 1 nitrogen and oxygen atoms in total. The van der Waals surface area contributed by atoms with E-state index in [-0.39, 0.29) is 0 Å². The number of benzene rings is 1. The van der Waals surface area contributed by atoms with E-state index < -0.39 is 0 Å². The Morgan fingerprint density at radius 1 is 1.27 bits per heavy atom. The van der Waals surface area contributed by atoms with Gasteiger partial charge in [0.2, 0.25) is 0 Å². The number of rotatable bonds is 5. The van der Waals surface area contributed by atoms with E-state index in [0.717, 1.165) is 6.54 Å². The number of hydrogen-bond donors (Lipinski definition) is 1. The smallest absolute Gasteiger partial charge is 0.0436 e. The summed E-state index contributed by atoms with van der Waals surface area (Å²) in [5.41, 5.74) is 3.31. The van der Waals surface area contributed by atoms with Crippen LogP contribution in [-0.2, 0) is 12.0 Å². The summed E-state index contributed by atoms with van der Waals surface area (Å²) in [5, 5.41) is 3.62. The maximum Gasteiger partial charge on any atom is 0.0436 e. The molecular weight excluding hydrogens is 182 g/mol. The van der Waals surface area contributed by atoms with E-state index >= 15 is 0 Å². The van der Waals surface area contributed by atoms with Crippen molar-refractivity contribution in [3.8, 4) is 0 Å². The topological polar surface area (TPSA) is 12.0 Å². The van der Waals surface area contributed by atoms with E-state index in [0.29, 0.717) is 5.54 Å². The van der Waals surface area contributed by atoms with Crippen molar-refractivity contribution in [3.63, 3.8) is 0 Å². The van der Waals surface area contributed by atoms with E-state index in [9.17, 15) is 0 Å². The third-order valence-corrected chi connectivity index (χ3v) is 3.28. The monoisotopic (exact) mass is 203 g/mol. The van der Waals surface area contributed by atoms with Crippen molar-refractivity contribution in [3.05, 3.63) is 35.4 Å². The molecule has 0 amide bonds. The summed E-state index contributed by atoms with van der Waals surface area (Å²) < 4.78 is 0. The SMILES string of the molecule is CCCc1cccc(C2(NCC)CC2)c1. The zero-order valence-electron chi connectivity index (χ0n) is 9.84. The standard InChI is InChI=1S/C14H21N/c1-3-6-12-7-5-8-13(11-12)14(9-10-14)15-4-2/h5,7-8,11,15H,3-4,6,9-10H2,1-2H3. The highest BCUT2D eigenvalue weighted by Crippen LogP contribution is 2.45. The van der Waals surface area contributed by atoms with Crippen molar-refractivity contribution in [1.82, 2.24) is 5.32 Å². The van der Waals surface area contributed by atoms with E-state index in [4.69, 9.17) is 0 Å². The second-order valence-electron chi connectivity index (χ2n) is 4.56. The van der Waals surface area contributed by atoms with Crippen molar-refractivity contribution in [1.29, 1.82) is 0 Å². The lowest BCUT2D eigenvalue weighted by Gasteiger charge is -2.17. The molecule has 0 atom stereocenters. The zero-order chi connectivity index (χ0) is 10.7. The van der Waals surface area contributed by atoms with Gasteiger partial charge >= 0.3 is 0 Å². The summed E-state index contributed by atoms with van der Waals surface area (Å²) in [7, 11) is 0. The first kappa shape index (κ1) is 10.7. The first-order valence-electron chi connectivity index (χ1n) is 6.15. The van der Waals surface area contributed by atoms with E-state index in [2.05, 4.69) is 43.4 Å². The molecule has 1 heteroatoms. The molecule has 0 spiro atoms. The molecule has 0 saturated heterocycles. The maximum absolute atomic E-state index is 3.62. The second-order valence-corrected chi connectivity index (χ2v) is 4.56. The number of hydrogen-bond acceptors (Lipinski definition) is 1. The summed E-state index contributed by atoms with van der Waals surface area (Å²) in [6, 6.07) is 9.11. The van der Waals surface area contributed by atoms with Gasteiger partial charge in [-0.25, -0.2) is 0 Å². The van der Waals surface area contributed by atoms with Crippen LogP contribution in [0.1, 0.15) is 44.2 Å². The fourth-order valence-electron chi connectivity index (χ4n) is 2.34. The van der Waals surface area contributed by atoms with Gasteiger partial charge in [-0.15, -0.1) is 0 Å². The highest BCUT2D eigenvalue weighted by atomic mass is 15.0. The molecule has 0 aliphatic heterocycles. The average molecular weight is 203 g/mol. The molecule has 1 saturated carbocycles. The summed E-state index contributed by atoms with van der Waals surface area (Å²) in [6.45, 7) is 5.50. The molecule has 82 valence electrons. The Kier molecular flexibility index (Phi) is 3.11. The van der Waals surface area contributed by atoms with Crippen LogP contribution in [0.25, 0.3) is 0 Å². The van der Waals surface area contributed by atoms with Crippen LogP contribution in [0.3, 0.4) is 0 Å². The third-order valence-electron chi connectivity index (χ3n) is 3.28. The molecule has 0 heterocycles. The first-order valence-corrected chi connectivity index (χ1v) is 6.15. The van der Waals surface area contributed by atoms with Crippen LogP contribution >= 0.6 is 0 Å². The largest absolute Gasteiger partial charge is 0.308 e. The van der Waals surface area contributed by atoms with Crippen LogP contribution in [0.4, 0.5) is 0 Å². The number of aryl methyl sites for hydroxylation is 1. The van der Waals surface area contributed by atoms with Gasteiger partial charge in [-0.2, -0.15) is 0 Å². The van der Waals surface area contributed by atoms with E-state index in [1.54, 1.807) is 0 Å². The third kappa shape index (κ3) is 2.23. The molecule has 1 aromatic rings. The predicted octanol–water partition coefficient (Wildman–Crippen LogP) is 3.24. The summed E-state index contributed by atoms with van der Waals surface area (Å²) >= 11 is 0. The van der Waals surface area contributed by atoms with Gasteiger partial charge in [-0.1, -0.05) is 44.5 Å². The maximum atomic E-state index is 3.62. The molecule has 0 unspecified atom stereocenters. The van der Waals surface area contributed by atoms with Crippen LogP contribution in [-0.4, -0.2) is 6.54 Å². The van der Waals surface area contributed by atoms with Gasteiger partial charge in [0, 0.05) is 5.54 Å². The normalized spacial score (nSPS) is 17.7. The molecule has 0 radical (unpaired) electrons. The highest BCUT2D eigenvalue weighted by molar-refractivity contribution is 5.33. The summed E-state index contributed by atoms with van der Waals surface area (Å²) in [4.78, 5) is 0. The van der Waals surface area contributed by atoms with Crippen molar-refractivity contribution < 1.29 is 0 Å². The Labute approximate surface area is 92.9 Å². The molecule has 1 aromatic carbocycles. The van der Waals surface area contributed by atoms with Crippen LogP contribution in [0.5, 0.6) is 0 Å². The minimum absolute atomic E-state index is 0.332. The molecule has 1 fully saturated rings. The van der Waals surface area contributed by atoms with Gasteiger partial charge in [-0.05, 0) is 36.9 Å². The lowest BCUT2D eigenvalue weighted by molar-refractivity contribution is 0.539. The van der Waals surface area contributed by atoms with Crippen LogP contribution in [0.15, 0.2) is 24.3 Å². The Hall–Kier alpha value is -0.820. The average Bonchev–Trinajstić information content (AvgIpc) is 3.01. The molecule has 1 aliphatic rings. The van der Waals surface area contributed by atoms with Crippen molar-refractivity contribution >= 4 is 0 Å². The Morgan fingerprint density at radius 2 is 2.07 bits per heavy atom. The zero-order valence-corrected chi connectivity index (χ0v) is 9.84. The molecule has 1 N–H and O–H groups in total. The summed E-state index contributed by atoms with van der Waals surface area (Å²) in [5.74, 6) is 0. The van der Waals surface area contributed by atoms with Gasteiger partial charge in [0.05, 0.1) is 0 Å². The molecule has 1 aliphatic carbocycles. The van der Waals surface area contributed by atoms with Crippen molar-refractivity contribution in [2.75, 3.05) is 6.54 Å². The lowest BCUT2D eigenvalue weighted by Crippen LogP contribution is -2.28. The summed E-state index contributed by atoms with van der Waals surface area (Å²) in [6.07, 6.45) is 5.04. The highest BCUT2D eigenvalue weighted by Gasteiger charge is 2.43. The Morgan fingerprint density at radius 3 is 2.67 bits per heavy atom. The molecule has 15 heavy (non-hydrogen) atoms. The van der Waals surface area contributed by atoms with Gasteiger partial charge < -0.3 is 5.32 Å². The minimum Gasteiger partial charge on any atom is -0.308 e. The Balaban J connectivity index is 2.17. The van der Waals surface area contributed by atoms with Gasteiger partial charge in [0.25, 0.3) is 0 Å². The minimum atomic E-state index is 0.332. The molecule has 0 bridgehead atoms. The van der Waals surface area contributed by atoms with Gasteiger partial charge in [0.1, 0.15) is 0 Å². The first-order chi connectivity index (χ1) is 7.30. The lowest BCUT2D eigenvalue weighted by atomic mass is 10.00. The fourth-order valence-corrected chi connectivity index (χ4v) is 2.34. The van der Waals surface area contributed by atoms with Crippen molar-refractivity contribution in [2.24, 2.45) is 0 Å².